The first-order valence-corrected chi connectivity index (χ1v) is 5.48. The number of carboxylic acid groups (broad SMARTS) is 1. The Labute approximate surface area is 117 Å². The predicted molar refractivity (Wildman–Crippen MR) is 67.1 cm³/mol. The van der Waals surface area contributed by atoms with Crippen LogP contribution in [0.3, 0.4) is 0 Å². The van der Waals surface area contributed by atoms with E-state index in [1.165, 1.54) is 0 Å². The molecule has 0 aliphatic carbocycles. The van der Waals surface area contributed by atoms with Crippen LogP contribution in [0.25, 0.3) is 0 Å². The van der Waals surface area contributed by atoms with E-state index in [0.717, 1.165) is 12.1 Å². The number of carbonyl (C=O) groups excluding carboxylic acids is 1. The molecule has 0 radical (unpaired) electrons. The first-order chi connectivity index (χ1) is 9.93. The minimum Gasteiger partial charge on any atom is -0.545 e. The molecule has 1 aromatic carbocycles. The molecule has 1 aromatic heterocycles. The molecule has 0 saturated heterocycles. The second-order valence-corrected chi connectivity index (χ2v) is 3.58. The fraction of sp³-hybridized carbons (Fsp3) is 0. The number of benzene rings is 1. The fourth-order valence-corrected chi connectivity index (χ4v) is 1.30. The van der Waals surface area contributed by atoms with Gasteiger partial charge in [0, 0.05) is 18.2 Å². The van der Waals surface area contributed by atoms with Gasteiger partial charge in [-0.25, -0.2) is 4.98 Å². The normalized spacial score (nSPS) is 9.14. The van der Waals surface area contributed by atoms with Gasteiger partial charge in [-0.3, -0.25) is 20.2 Å². The van der Waals surface area contributed by atoms with Gasteiger partial charge in [0.2, 0.25) is 0 Å². The van der Waals surface area contributed by atoms with E-state index in [2.05, 4.69) is 4.98 Å². The first kappa shape index (κ1) is 15.7. The molecule has 0 fully saturated rings. The van der Waals surface area contributed by atoms with Gasteiger partial charge in [0.05, 0.1) is 27.4 Å². The lowest BCUT2D eigenvalue weighted by atomic mass is 10.1. The summed E-state index contributed by atoms with van der Waals surface area (Å²) >= 11 is 0. The molecule has 0 unspecified atom stereocenters. The molecule has 0 spiro atoms. The summed E-state index contributed by atoms with van der Waals surface area (Å²) in [7, 11) is 0. The SMILES string of the molecule is O=C([O-])c1ccc([N+](=O)[O-])cc1[N+](=O)[O-].c1cc[nH+]cc1. The number of non-ortho nitro benzene ring substituents is 1. The number of hydrogen-bond donors (Lipinski definition) is 0. The highest BCUT2D eigenvalue weighted by Crippen LogP contribution is 2.23. The van der Waals surface area contributed by atoms with Gasteiger partial charge in [-0.05, 0) is 6.07 Å². The molecule has 0 saturated carbocycles. The van der Waals surface area contributed by atoms with Crippen molar-refractivity contribution < 1.29 is 24.7 Å². The van der Waals surface area contributed by atoms with Crippen LogP contribution >= 0.6 is 0 Å². The first-order valence-electron chi connectivity index (χ1n) is 5.48. The highest BCUT2D eigenvalue weighted by molar-refractivity contribution is 5.91. The maximum Gasteiger partial charge on any atom is 0.285 e. The number of nitrogens with one attached hydrogen (secondary N) is 1. The lowest BCUT2D eigenvalue weighted by molar-refractivity contribution is -0.394. The van der Waals surface area contributed by atoms with Gasteiger partial charge >= 0.3 is 0 Å². The van der Waals surface area contributed by atoms with E-state index in [0.29, 0.717) is 6.07 Å². The van der Waals surface area contributed by atoms with Gasteiger partial charge < -0.3 is 9.90 Å². The molecule has 0 bridgehead atoms. The summed E-state index contributed by atoms with van der Waals surface area (Å²) in [5.74, 6) is -1.75. The molecule has 0 aliphatic heterocycles. The number of carboxylic acids is 1. The zero-order valence-corrected chi connectivity index (χ0v) is 10.5. The molecular weight excluding hydrogens is 282 g/mol. The van der Waals surface area contributed by atoms with Crippen LogP contribution < -0.4 is 10.1 Å². The number of pyridine rings is 1. The van der Waals surface area contributed by atoms with E-state index in [1.807, 2.05) is 30.6 Å². The summed E-state index contributed by atoms with van der Waals surface area (Å²) in [6.45, 7) is 0. The minimum absolute atomic E-state index is 0.549. The van der Waals surface area contributed by atoms with Crippen LogP contribution in [-0.2, 0) is 0 Å². The smallest absolute Gasteiger partial charge is 0.285 e. The molecule has 9 heteroatoms. The molecule has 108 valence electrons. The Hall–Kier alpha value is -3.36. The van der Waals surface area contributed by atoms with Crippen molar-refractivity contribution in [3.8, 4) is 0 Å². The van der Waals surface area contributed by atoms with Crippen LogP contribution in [0.2, 0.25) is 0 Å². The minimum atomic E-state index is -1.75. The van der Waals surface area contributed by atoms with Crippen molar-refractivity contribution in [2.24, 2.45) is 0 Å². The highest BCUT2D eigenvalue weighted by Gasteiger charge is 2.19. The maximum atomic E-state index is 10.4. The molecule has 2 aromatic rings. The van der Waals surface area contributed by atoms with Crippen molar-refractivity contribution in [3.05, 3.63) is 74.6 Å². The Morgan fingerprint density at radius 3 is 1.95 bits per heavy atom. The third-order valence-corrected chi connectivity index (χ3v) is 2.22. The highest BCUT2D eigenvalue weighted by atomic mass is 16.6. The van der Waals surface area contributed by atoms with Gasteiger partial charge in [-0.1, -0.05) is 6.07 Å². The van der Waals surface area contributed by atoms with E-state index in [1.54, 1.807) is 0 Å². The monoisotopic (exact) mass is 291 g/mol. The third-order valence-electron chi connectivity index (χ3n) is 2.22. The van der Waals surface area contributed by atoms with Crippen LogP contribution in [0.4, 0.5) is 11.4 Å². The zero-order chi connectivity index (χ0) is 15.8. The quantitative estimate of drug-likeness (QED) is 0.590. The van der Waals surface area contributed by atoms with Crippen molar-refractivity contribution in [1.82, 2.24) is 0 Å². The van der Waals surface area contributed by atoms with Gasteiger partial charge in [-0.2, -0.15) is 0 Å². The Morgan fingerprint density at radius 2 is 1.62 bits per heavy atom. The van der Waals surface area contributed by atoms with Crippen LogP contribution in [0.5, 0.6) is 0 Å². The fourth-order valence-electron chi connectivity index (χ4n) is 1.30. The molecule has 21 heavy (non-hydrogen) atoms. The van der Waals surface area contributed by atoms with E-state index < -0.39 is 32.8 Å². The molecule has 2 rings (SSSR count). The molecule has 0 atom stereocenters. The van der Waals surface area contributed by atoms with E-state index in [9.17, 15) is 30.1 Å². The third kappa shape index (κ3) is 4.67. The molecule has 0 amide bonds. The van der Waals surface area contributed by atoms with Crippen molar-refractivity contribution in [1.29, 1.82) is 0 Å². The molecule has 0 aliphatic rings. The standard InChI is InChI=1S/C7H4N2O6.C5H5N/c10-7(11)5-2-1-4(8(12)13)3-6(5)9(14)15;1-2-4-6-5-3-1/h1-3H,(H,10,11);1-5H. The van der Waals surface area contributed by atoms with Gasteiger partial charge in [0.25, 0.3) is 11.4 Å². The number of carbonyl (C=O) groups is 1. The molecule has 1 heterocycles. The summed E-state index contributed by atoms with van der Waals surface area (Å²) in [5.41, 5.74) is -2.10. The zero-order valence-electron chi connectivity index (χ0n) is 10.5. The second-order valence-electron chi connectivity index (χ2n) is 3.58. The average molecular weight is 291 g/mol. The average Bonchev–Trinajstić information content (AvgIpc) is 2.48. The van der Waals surface area contributed by atoms with Crippen molar-refractivity contribution in [3.63, 3.8) is 0 Å². The van der Waals surface area contributed by atoms with Gasteiger partial charge in [0.15, 0.2) is 12.4 Å². The van der Waals surface area contributed by atoms with Crippen LogP contribution in [0, 0.1) is 20.2 Å². The molecular formula is C12H9N3O6. The number of nitrogens with zero attached hydrogens (tertiary/aromatic N) is 2. The van der Waals surface area contributed by atoms with Gasteiger partial charge in [0.1, 0.15) is 0 Å². The number of aromatic carboxylic acids is 1. The summed E-state index contributed by atoms with van der Waals surface area (Å²) in [5, 5.41) is 31.1. The van der Waals surface area contributed by atoms with E-state index in [4.69, 9.17) is 0 Å². The number of aromatic nitrogens is 1. The summed E-state index contributed by atoms with van der Waals surface area (Å²) in [4.78, 5) is 32.1. The van der Waals surface area contributed by atoms with Crippen molar-refractivity contribution in [2.75, 3.05) is 0 Å². The van der Waals surface area contributed by atoms with Crippen molar-refractivity contribution in [2.45, 2.75) is 0 Å². The van der Waals surface area contributed by atoms with Gasteiger partial charge in [-0.15, -0.1) is 0 Å². The largest absolute Gasteiger partial charge is 0.545 e. The second kappa shape index (κ2) is 7.28. The Balaban J connectivity index is 0.000000304. The maximum absolute atomic E-state index is 10.4. The number of rotatable bonds is 3. The van der Waals surface area contributed by atoms with E-state index in [-0.39, 0.29) is 0 Å². The lowest BCUT2D eigenvalue weighted by Gasteiger charge is -2.02. The summed E-state index contributed by atoms with van der Waals surface area (Å²) < 4.78 is 0. The van der Waals surface area contributed by atoms with Crippen molar-refractivity contribution >= 4 is 17.3 Å². The number of aromatic amines is 1. The molecule has 9 nitrogen and oxygen atoms in total. The summed E-state index contributed by atoms with van der Waals surface area (Å²) in [6, 6.07) is 8.06. The Bertz CT molecular complexity index is 633. The molecule has 1 N–H and O–H groups in total. The Morgan fingerprint density at radius 1 is 1.00 bits per heavy atom. The number of nitro groups is 2. The summed E-state index contributed by atoms with van der Waals surface area (Å²) in [6.07, 6.45) is 3.75. The number of nitro benzene ring substituents is 2. The lowest BCUT2D eigenvalue weighted by Crippen LogP contribution is -2.23. The topological polar surface area (TPSA) is 141 Å². The Kier molecular flexibility index (Phi) is 5.44. The van der Waals surface area contributed by atoms with Crippen LogP contribution in [0.1, 0.15) is 10.4 Å². The predicted octanol–water partition coefficient (Wildman–Crippen LogP) is 0.367. The number of hydrogen-bond acceptors (Lipinski definition) is 6. The van der Waals surface area contributed by atoms with Crippen LogP contribution in [0.15, 0.2) is 48.8 Å². The number of H-pyrrole nitrogens is 1. The van der Waals surface area contributed by atoms with E-state index >= 15 is 0 Å². The van der Waals surface area contributed by atoms with Crippen LogP contribution in [-0.4, -0.2) is 15.8 Å².